The molecule has 0 spiro atoms. The molecule has 4 nitrogen and oxygen atoms in total. The third-order valence-corrected chi connectivity index (χ3v) is 3.26. The highest BCUT2D eigenvalue weighted by atomic mass is 16.5. The number of hydrogen-bond acceptors (Lipinski definition) is 3. The Balaban J connectivity index is 1.78. The van der Waals surface area contributed by atoms with Crippen LogP contribution in [-0.4, -0.2) is 33.7 Å². The SMILES string of the molecule is Cn1nccc1CCC(O)C1CCCCO1. The zero-order chi connectivity index (χ0) is 11.4. The summed E-state index contributed by atoms with van der Waals surface area (Å²) in [4.78, 5) is 0. The highest BCUT2D eigenvalue weighted by Crippen LogP contribution is 2.18. The summed E-state index contributed by atoms with van der Waals surface area (Å²) in [6.45, 7) is 0.799. The molecule has 16 heavy (non-hydrogen) atoms. The summed E-state index contributed by atoms with van der Waals surface area (Å²) >= 11 is 0. The molecule has 2 heterocycles. The summed E-state index contributed by atoms with van der Waals surface area (Å²) in [5.41, 5.74) is 1.16. The Labute approximate surface area is 96.2 Å². The maximum Gasteiger partial charge on any atom is 0.0834 e. The molecule has 1 fully saturated rings. The van der Waals surface area contributed by atoms with E-state index in [0.29, 0.717) is 0 Å². The van der Waals surface area contributed by atoms with Gasteiger partial charge in [-0.1, -0.05) is 0 Å². The minimum Gasteiger partial charge on any atom is -0.390 e. The summed E-state index contributed by atoms with van der Waals surface area (Å²) in [6.07, 6.45) is 6.41. The molecule has 1 aliphatic heterocycles. The molecular formula is C12H20N2O2. The van der Waals surface area contributed by atoms with Gasteiger partial charge in [0.05, 0.1) is 12.2 Å². The normalized spacial score (nSPS) is 23.2. The van der Waals surface area contributed by atoms with E-state index in [1.807, 2.05) is 17.8 Å². The maximum atomic E-state index is 10.0. The molecule has 0 radical (unpaired) electrons. The third kappa shape index (κ3) is 2.83. The number of nitrogens with zero attached hydrogens (tertiary/aromatic N) is 2. The van der Waals surface area contributed by atoms with Gasteiger partial charge in [-0.05, 0) is 38.2 Å². The van der Waals surface area contributed by atoms with E-state index in [4.69, 9.17) is 4.74 Å². The molecule has 1 aliphatic rings. The molecule has 4 heteroatoms. The topological polar surface area (TPSA) is 47.3 Å². The van der Waals surface area contributed by atoms with E-state index in [1.165, 1.54) is 6.42 Å². The van der Waals surface area contributed by atoms with E-state index in [-0.39, 0.29) is 12.2 Å². The lowest BCUT2D eigenvalue weighted by molar-refractivity contribution is -0.0641. The molecule has 2 atom stereocenters. The van der Waals surface area contributed by atoms with Gasteiger partial charge in [-0.3, -0.25) is 4.68 Å². The molecular weight excluding hydrogens is 204 g/mol. The number of ether oxygens (including phenoxy) is 1. The smallest absolute Gasteiger partial charge is 0.0834 e. The monoisotopic (exact) mass is 224 g/mol. The largest absolute Gasteiger partial charge is 0.390 e. The summed E-state index contributed by atoms with van der Waals surface area (Å²) in [5, 5.41) is 14.1. The molecule has 0 aliphatic carbocycles. The van der Waals surface area contributed by atoms with Gasteiger partial charge in [0, 0.05) is 25.5 Å². The fourth-order valence-corrected chi connectivity index (χ4v) is 2.20. The van der Waals surface area contributed by atoms with Crippen molar-refractivity contribution in [3.63, 3.8) is 0 Å². The van der Waals surface area contributed by atoms with Crippen LogP contribution in [0.15, 0.2) is 12.3 Å². The van der Waals surface area contributed by atoms with Crippen LogP contribution in [0.25, 0.3) is 0 Å². The summed E-state index contributed by atoms with van der Waals surface area (Å²) in [7, 11) is 1.93. The summed E-state index contributed by atoms with van der Waals surface area (Å²) < 4.78 is 7.42. The van der Waals surface area contributed by atoms with Gasteiger partial charge in [-0.25, -0.2) is 0 Å². The van der Waals surface area contributed by atoms with Gasteiger partial charge >= 0.3 is 0 Å². The Morgan fingerprint density at radius 3 is 3.12 bits per heavy atom. The first-order chi connectivity index (χ1) is 7.77. The van der Waals surface area contributed by atoms with E-state index in [1.54, 1.807) is 6.20 Å². The van der Waals surface area contributed by atoms with Crippen molar-refractivity contribution in [3.05, 3.63) is 18.0 Å². The molecule has 2 rings (SSSR count). The van der Waals surface area contributed by atoms with Crippen molar-refractivity contribution in [2.75, 3.05) is 6.61 Å². The number of aromatic nitrogens is 2. The first kappa shape index (κ1) is 11.6. The van der Waals surface area contributed by atoms with Crippen molar-refractivity contribution in [2.24, 2.45) is 7.05 Å². The second-order valence-corrected chi connectivity index (χ2v) is 4.46. The molecule has 0 amide bonds. The fraction of sp³-hybridized carbons (Fsp3) is 0.750. The van der Waals surface area contributed by atoms with Crippen LogP contribution in [0.3, 0.4) is 0 Å². The van der Waals surface area contributed by atoms with Gasteiger partial charge in [-0.2, -0.15) is 5.10 Å². The number of aryl methyl sites for hydroxylation is 2. The van der Waals surface area contributed by atoms with Crippen LogP contribution in [0.1, 0.15) is 31.4 Å². The molecule has 2 unspecified atom stereocenters. The quantitative estimate of drug-likeness (QED) is 0.838. The van der Waals surface area contributed by atoms with Crippen LogP contribution in [-0.2, 0) is 18.2 Å². The molecule has 1 saturated heterocycles. The van der Waals surface area contributed by atoms with Crippen LogP contribution in [0.2, 0.25) is 0 Å². The van der Waals surface area contributed by atoms with Gasteiger partial charge in [0.1, 0.15) is 0 Å². The lowest BCUT2D eigenvalue weighted by Crippen LogP contribution is -2.32. The van der Waals surface area contributed by atoms with Crippen molar-refractivity contribution in [3.8, 4) is 0 Å². The first-order valence-electron chi connectivity index (χ1n) is 6.04. The van der Waals surface area contributed by atoms with Crippen LogP contribution in [0, 0.1) is 0 Å². The van der Waals surface area contributed by atoms with E-state index in [2.05, 4.69) is 5.10 Å². The number of rotatable bonds is 4. The average molecular weight is 224 g/mol. The Bertz CT molecular complexity index is 319. The predicted molar refractivity (Wildman–Crippen MR) is 61.1 cm³/mol. The molecule has 1 N–H and O–H groups in total. The first-order valence-corrected chi connectivity index (χ1v) is 6.04. The number of aliphatic hydroxyl groups excluding tert-OH is 1. The van der Waals surface area contributed by atoms with Crippen molar-refractivity contribution in [1.29, 1.82) is 0 Å². The van der Waals surface area contributed by atoms with Gasteiger partial charge < -0.3 is 9.84 Å². The van der Waals surface area contributed by atoms with Crippen LogP contribution in [0.4, 0.5) is 0 Å². The van der Waals surface area contributed by atoms with Crippen LogP contribution < -0.4 is 0 Å². The second-order valence-electron chi connectivity index (χ2n) is 4.46. The highest BCUT2D eigenvalue weighted by molar-refractivity contribution is 5.00. The molecule has 1 aromatic heterocycles. The van der Waals surface area contributed by atoms with Crippen molar-refractivity contribution >= 4 is 0 Å². The van der Waals surface area contributed by atoms with E-state index in [0.717, 1.165) is 38.0 Å². The van der Waals surface area contributed by atoms with Crippen LogP contribution >= 0.6 is 0 Å². The highest BCUT2D eigenvalue weighted by Gasteiger charge is 2.22. The van der Waals surface area contributed by atoms with Crippen LogP contribution in [0.5, 0.6) is 0 Å². The maximum absolute atomic E-state index is 10.0. The molecule has 0 saturated carbocycles. The molecule has 0 bridgehead atoms. The van der Waals surface area contributed by atoms with Gasteiger partial charge in [0.25, 0.3) is 0 Å². The van der Waals surface area contributed by atoms with Gasteiger partial charge in [-0.15, -0.1) is 0 Å². The van der Waals surface area contributed by atoms with Crippen molar-refractivity contribution in [1.82, 2.24) is 9.78 Å². The van der Waals surface area contributed by atoms with E-state index in [9.17, 15) is 5.11 Å². The Morgan fingerprint density at radius 1 is 1.62 bits per heavy atom. The number of hydrogen-bond donors (Lipinski definition) is 1. The zero-order valence-electron chi connectivity index (χ0n) is 9.80. The number of aliphatic hydroxyl groups is 1. The Hall–Kier alpha value is -0.870. The predicted octanol–water partition coefficient (Wildman–Crippen LogP) is 1.28. The third-order valence-electron chi connectivity index (χ3n) is 3.26. The lowest BCUT2D eigenvalue weighted by atomic mass is 10.00. The lowest BCUT2D eigenvalue weighted by Gasteiger charge is -2.27. The summed E-state index contributed by atoms with van der Waals surface area (Å²) in [6, 6.07) is 1.99. The summed E-state index contributed by atoms with van der Waals surface area (Å²) in [5.74, 6) is 0. The standard InChI is InChI=1S/C12H20N2O2/c1-14-10(7-8-13-14)5-6-11(15)12-4-2-3-9-16-12/h7-8,11-12,15H,2-6,9H2,1H3. The minimum absolute atomic E-state index is 0.0435. The van der Waals surface area contributed by atoms with E-state index >= 15 is 0 Å². The molecule has 90 valence electrons. The van der Waals surface area contributed by atoms with Gasteiger partial charge in [0.15, 0.2) is 0 Å². The van der Waals surface area contributed by atoms with E-state index < -0.39 is 0 Å². The molecule has 1 aromatic rings. The Morgan fingerprint density at radius 2 is 2.50 bits per heavy atom. The minimum atomic E-state index is -0.338. The van der Waals surface area contributed by atoms with Crippen molar-refractivity contribution < 1.29 is 9.84 Å². The van der Waals surface area contributed by atoms with Crippen molar-refractivity contribution in [2.45, 2.75) is 44.3 Å². The molecule has 0 aromatic carbocycles. The van der Waals surface area contributed by atoms with Gasteiger partial charge in [0.2, 0.25) is 0 Å². The average Bonchev–Trinajstić information content (AvgIpc) is 2.73. The zero-order valence-corrected chi connectivity index (χ0v) is 9.80. The second kappa shape index (κ2) is 5.46. The Kier molecular flexibility index (Phi) is 3.96. The fourth-order valence-electron chi connectivity index (χ4n) is 2.20.